The van der Waals surface area contributed by atoms with Crippen LogP contribution in [0.15, 0.2) is 54.6 Å². The normalized spacial score (nSPS) is 19.9. The number of ether oxygens (including phenoxy) is 1. The molecule has 2 aliphatic heterocycles. The number of carbonyl (C=O) groups is 2. The van der Waals surface area contributed by atoms with Gasteiger partial charge in [0.05, 0.1) is 6.04 Å². The molecule has 2 amide bonds. The summed E-state index contributed by atoms with van der Waals surface area (Å²) in [5, 5.41) is 0. The number of fused-ring (bicyclic) bond motifs is 1. The van der Waals surface area contributed by atoms with E-state index in [1.807, 2.05) is 46.2 Å². The van der Waals surface area contributed by atoms with Gasteiger partial charge in [-0.15, -0.1) is 0 Å². The summed E-state index contributed by atoms with van der Waals surface area (Å²) in [4.78, 5) is 31.8. The van der Waals surface area contributed by atoms with E-state index in [1.165, 1.54) is 11.1 Å². The maximum Gasteiger partial charge on any atom is 0.260 e. The average Bonchev–Trinajstić information content (AvgIpc) is 2.98. The number of carbonyl (C=O) groups excluding carboxylic acids is 2. The molecule has 0 aromatic heterocycles. The molecule has 158 valence electrons. The Bertz CT molecular complexity index is 886. The Morgan fingerprint density at radius 2 is 1.80 bits per heavy atom. The van der Waals surface area contributed by atoms with Crippen molar-refractivity contribution < 1.29 is 14.3 Å². The van der Waals surface area contributed by atoms with Gasteiger partial charge in [0, 0.05) is 39.3 Å². The third-order valence-electron chi connectivity index (χ3n) is 5.94. The summed E-state index contributed by atoms with van der Waals surface area (Å²) in [5.74, 6) is 0.848. The van der Waals surface area contributed by atoms with E-state index < -0.39 is 0 Å². The van der Waals surface area contributed by atoms with Crippen LogP contribution in [-0.4, -0.2) is 71.9 Å². The predicted molar refractivity (Wildman–Crippen MR) is 115 cm³/mol. The molecule has 6 heteroatoms. The minimum Gasteiger partial charge on any atom is -0.484 e. The van der Waals surface area contributed by atoms with Crippen molar-refractivity contribution in [2.24, 2.45) is 0 Å². The largest absolute Gasteiger partial charge is 0.484 e. The Morgan fingerprint density at radius 1 is 1.00 bits per heavy atom. The molecule has 1 atom stereocenters. The summed E-state index contributed by atoms with van der Waals surface area (Å²) in [6, 6.07) is 17.6. The number of benzene rings is 2. The fraction of sp³-hybridized carbons (Fsp3) is 0.417. The van der Waals surface area contributed by atoms with E-state index in [0.717, 1.165) is 19.6 Å². The summed E-state index contributed by atoms with van der Waals surface area (Å²) < 4.78 is 5.61. The summed E-state index contributed by atoms with van der Waals surface area (Å²) in [6.07, 6.45) is 0.667. The standard InChI is InChI=1S/C24H29N3O3/c1-19-6-5-7-20(16-19)17-27-15-13-25-12-14-26(11-10-22(25)24(27)29)23(28)18-30-21-8-3-2-4-9-21/h2-9,16,22H,10-15,17-18H2,1H3. The van der Waals surface area contributed by atoms with Crippen molar-refractivity contribution in [1.82, 2.24) is 14.7 Å². The molecule has 0 spiro atoms. The summed E-state index contributed by atoms with van der Waals surface area (Å²) in [5.41, 5.74) is 2.38. The Balaban J connectivity index is 1.33. The highest BCUT2D eigenvalue weighted by Crippen LogP contribution is 2.20. The maximum absolute atomic E-state index is 13.1. The van der Waals surface area contributed by atoms with Crippen LogP contribution in [-0.2, 0) is 16.1 Å². The van der Waals surface area contributed by atoms with Crippen molar-refractivity contribution in [3.63, 3.8) is 0 Å². The van der Waals surface area contributed by atoms with Gasteiger partial charge in [-0.25, -0.2) is 0 Å². The number of amides is 2. The molecule has 2 aliphatic rings. The van der Waals surface area contributed by atoms with E-state index in [2.05, 4.69) is 30.0 Å². The molecule has 4 rings (SSSR count). The maximum atomic E-state index is 13.1. The van der Waals surface area contributed by atoms with Crippen LogP contribution in [0.25, 0.3) is 0 Å². The van der Waals surface area contributed by atoms with E-state index in [1.54, 1.807) is 0 Å². The molecule has 0 saturated carbocycles. The van der Waals surface area contributed by atoms with E-state index in [9.17, 15) is 9.59 Å². The van der Waals surface area contributed by atoms with Crippen LogP contribution in [0.1, 0.15) is 17.5 Å². The summed E-state index contributed by atoms with van der Waals surface area (Å²) in [7, 11) is 0. The summed E-state index contributed by atoms with van der Waals surface area (Å²) >= 11 is 0. The molecule has 2 saturated heterocycles. The number of hydrogen-bond acceptors (Lipinski definition) is 4. The fourth-order valence-corrected chi connectivity index (χ4v) is 4.29. The van der Waals surface area contributed by atoms with Crippen molar-refractivity contribution in [2.45, 2.75) is 25.9 Å². The van der Waals surface area contributed by atoms with Gasteiger partial charge >= 0.3 is 0 Å². The van der Waals surface area contributed by atoms with Crippen molar-refractivity contribution in [2.75, 3.05) is 39.3 Å². The lowest BCUT2D eigenvalue weighted by Gasteiger charge is -2.39. The zero-order chi connectivity index (χ0) is 20.9. The molecular weight excluding hydrogens is 378 g/mol. The Labute approximate surface area is 178 Å². The smallest absolute Gasteiger partial charge is 0.260 e. The van der Waals surface area contributed by atoms with Crippen molar-refractivity contribution in [3.8, 4) is 5.75 Å². The lowest BCUT2D eigenvalue weighted by molar-refractivity contribution is -0.142. The quantitative estimate of drug-likeness (QED) is 0.763. The highest BCUT2D eigenvalue weighted by atomic mass is 16.5. The van der Waals surface area contributed by atoms with Crippen molar-refractivity contribution in [3.05, 3.63) is 65.7 Å². The lowest BCUT2D eigenvalue weighted by atomic mass is 10.1. The van der Waals surface area contributed by atoms with Gasteiger partial charge in [-0.05, 0) is 31.0 Å². The fourth-order valence-electron chi connectivity index (χ4n) is 4.29. The topological polar surface area (TPSA) is 53.1 Å². The molecule has 2 heterocycles. The Hall–Kier alpha value is -2.86. The monoisotopic (exact) mass is 407 g/mol. The average molecular weight is 408 g/mol. The third kappa shape index (κ3) is 4.82. The second-order valence-corrected chi connectivity index (χ2v) is 8.07. The summed E-state index contributed by atoms with van der Waals surface area (Å²) in [6.45, 7) is 6.29. The number of rotatable bonds is 5. The van der Waals surface area contributed by atoms with Crippen LogP contribution in [0.5, 0.6) is 5.75 Å². The first-order chi connectivity index (χ1) is 14.6. The first-order valence-corrected chi connectivity index (χ1v) is 10.6. The first-order valence-electron chi connectivity index (χ1n) is 10.6. The second kappa shape index (κ2) is 9.30. The van der Waals surface area contributed by atoms with Crippen molar-refractivity contribution >= 4 is 11.8 Å². The van der Waals surface area contributed by atoms with Gasteiger partial charge in [-0.3, -0.25) is 14.5 Å². The number of nitrogens with zero attached hydrogens (tertiary/aromatic N) is 3. The SMILES string of the molecule is Cc1cccc(CN2CCN3CCN(C(=O)COc4ccccc4)CCC3C2=O)c1. The molecule has 0 radical (unpaired) electrons. The predicted octanol–water partition coefficient (Wildman–Crippen LogP) is 2.32. The van der Waals surface area contributed by atoms with Gasteiger partial charge in [0.2, 0.25) is 5.91 Å². The zero-order valence-corrected chi connectivity index (χ0v) is 17.5. The molecule has 2 aromatic carbocycles. The van der Waals surface area contributed by atoms with Crippen LogP contribution < -0.4 is 4.74 Å². The van der Waals surface area contributed by atoms with Gasteiger partial charge < -0.3 is 14.5 Å². The van der Waals surface area contributed by atoms with E-state index in [0.29, 0.717) is 31.8 Å². The van der Waals surface area contributed by atoms with Crippen LogP contribution in [0.2, 0.25) is 0 Å². The number of para-hydroxylation sites is 1. The first kappa shape index (κ1) is 20.4. The number of aryl methyl sites for hydroxylation is 1. The van der Waals surface area contributed by atoms with E-state index in [4.69, 9.17) is 4.74 Å². The minimum absolute atomic E-state index is 0.0252. The number of piperazine rings is 1. The van der Waals surface area contributed by atoms with Gasteiger partial charge in [0.15, 0.2) is 6.61 Å². The van der Waals surface area contributed by atoms with Gasteiger partial charge in [0.25, 0.3) is 5.91 Å². The van der Waals surface area contributed by atoms with Gasteiger partial charge in [0.1, 0.15) is 5.75 Å². The molecule has 2 aromatic rings. The molecule has 0 aliphatic carbocycles. The molecular formula is C24H29N3O3. The van der Waals surface area contributed by atoms with Crippen LogP contribution in [0.4, 0.5) is 0 Å². The third-order valence-corrected chi connectivity index (χ3v) is 5.94. The Morgan fingerprint density at radius 3 is 2.60 bits per heavy atom. The van der Waals surface area contributed by atoms with Crippen molar-refractivity contribution in [1.29, 1.82) is 0 Å². The minimum atomic E-state index is -0.142. The highest BCUT2D eigenvalue weighted by Gasteiger charge is 2.37. The van der Waals surface area contributed by atoms with Gasteiger partial charge in [-0.2, -0.15) is 0 Å². The zero-order valence-electron chi connectivity index (χ0n) is 17.5. The second-order valence-electron chi connectivity index (χ2n) is 8.07. The highest BCUT2D eigenvalue weighted by molar-refractivity contribution is 5.83. The number of hydrogen-bond donors (Lipinski definition) is 0. The molecule has 30 heavy (non-hydrogen) atoms. The van der Waals surface area contributed by atoms with Crippen LogP contribution in [0.3, 0.4) is 0 Å². The van der Waals surface area contributed by atoms with E-state index in [-0.39, 0.29) is 24.5 Å². The Kier molecular flexibility index (Phi) is 6.33. The molecule has 2 fully saturated rings. The molecule has 1 unspecified atom stereocenters. The van der Waals surface area contributed by atoms with E-state index >= 15 is 0 Å². The lowest BCUT2D eigenvalue weighted by Crippen LogP contribution is -2.56. The van der Waals surface area contributed by atoms with Crippen LogP contribution in [0, 0.1) is 6.92 Å². The molecule has 0 N–H and O–H groups in total. The van der Waals surface area contributed by atoms with Crippen LogP contribution >= 0.6 is 0 Å². The molecule has 0 bridgehead atoms. The molecule has 6 nitrogen and oxygen atoms in total. The van der Waals surface area contributed by atoms with Gasteiger partial charge in [-0.1, -0.05) is 48.0 Å².